The van der Waals surface area contributed by atoms with Gasteiger partial charge in [-0.3, -0.25) is 0 Å². The molecule has 60 valence electrons. The molecule has 2 N–H and O–H groups in total. The monoisotopic (exact) mass is 158 g/mol. The van der Waals surface area contributed by atoms with Gasteiger partial charge in [0.05, 0.1) is 11.4 Å². The third-order valence-electron chi connectivity index (χ3n) is 1.47. The first-order chi connectivity index (χ1) is 4.88. The first-order valence-electron chi connectivity index (χ1n) is 3.33. The fourth-order valence-electron chi connectivity index (χ4n) is 0.919. The first-order valence-corrected chi connectivity index (χ1v) is 3.33. The average molecular weight is 158 g/mol. The van der Waals surface area contributed by atoms with Crippen LogP contribution in [0.2, 0.25) is 0 Å². The van der Waals surface area contributed by atoms with Gasteiger partial charge in [0.2, 0.25) is 0 Å². The van der Waals surface area contributed by atoms with Gasteiger partial charge in [-0.05, 0) is 12.1 Å². The number of hydrogen-bond acceptors (Lipinski definition) is 2. The molecular weight excluding hydrogens is 146 g/mol. The summed E-state index contributed by atoms with van der Waals surface area (Å²) in [5.41, 5.74) is 2.26. The molecule has 0 heterocycles. The minimum absolute atomic E-state index is 0. The molecule has 0 aliphatic heterocycles. The molecule has 0 saturated carbocycles. The summed E-state index contributed by atoms with van der Waals surface area (Å²) in [6, 6.07) is 8.08. The molecule has 0 aliphatic carbocycles. The highest BCUT2D eigenvalue weighted by molar-refractivity contribution is 5.76. The van der Waals surface area contributed by atoms with Crippen LogP contribution in [0.4, 0.5) is 11.4 Å². The molecule has 1 rings (SSSR count). The molecule has 0 saturated heterocycles. The van der Waals surface area contributed by atoms with Gasteiger partial charge in [-0.2, -0.15) is 0 Å². The van der Waals surface area contributed by atoms with Crippen molar-refractivity contribution >= 4 is 28.2 Å². The average Bonchev–Trinajstić information content (AvgIpc) is 2.04. The molecule has 6 radical (unpaired) electrons. The van der Waals surface area contributed by atoms with E-state index in [4.69, 9.17) is 0 Å². The maximum Gasteiger partial charge on any atom is 0.0573 e. The number of hydrogen-bond donors (Lipinski definition) is 2. The molecular formula is C8H12B2N2. The van der Waals surface area contributed by atoms with Crippen LogP contribution in [0.1, 0.15) is 0 Å². The van der Waals surface area contributed by atoms with E-state index >= 15 is 0 Å². The molecule has 0 aromatic heterocycles. The third-order valence-corrected chi connectivity index (χ3v) is 1.47. The lowest BCUT2D eigenvalue weighted by molar-refractivity contribution is 1.45. The third kappa shape index (κ3) is 2.91. The first kappa shape index (κ1) is 13.5. The lowest BCUT2D eigenvalue weighted by Gasteiger charge is -2.06. The van der Waals surface area contributed by atoms with Gasteiger partial charge in [0.25, 0.3) is 0 Å². The lowest BCUT2D eigenvalue weighted by atomic mass is 10.3. The summed E-state index contributed by atoms with van der Waals surface area (Å²) in [7, 11) is 3.83. The molecule has 12 heavy (non-hydrogen) atoms. The van der Waals surface area contributed by atoms with E-state index in [1.807, 2.05) is 38.4 Å². The molecule has 0 spiro atoms. The number of benzene rings is 1. The van der Waals surface area contributed by atoms with Gasteiger partial charge in [-0.1, -0.05) is 12.1 Å². The van der Waals surface area contributed by atoms with Crippen LogP contribution >= 0.6 is 0 Å². The van der Waals surface area contributed by atoms with Gasteiger partial charge in [-0.25, -0.2) is 0 Å². The SMILES string of the molecule is CNc1ccccc1NC.[B].[B]. The fraction of sp³-hybridized carbons (Fsp3) is 0.250. The summed E-state index contributed by atoms with van der Waals surface area (Å²) < 4.78 is 0. The number of rotatable bonds is 2. The highest BCUT2D eigenvalue weighted by atomic mass is 14.9. The van der Waals surface area contributed by atoms with Crippen molar-refractivity contribution in [2.45, 2.75) is 0 Å². The molecule has 0 amide bonds. The number of para-hydroxylation sites is 2. The van der Waals surface area contributed by atoms with Gasteiger partial charge in [0.15, 0.2) is 0 Å². The van der Waals surface area contributed by atoms with Gasteiger partial charge in [0.1, 0.15) is 0 Å². The van der Waals surface area contributed by atoms with Crippen LogP contribution in [-0.2, 0) is 0 Å². The second kappa shape index (κ2) is 6.65. The van der Waals surface area contributed by atoms with E-state index in [0.29, 0.717) is 0 Å². The van der Waals surface area contributed by atoms with Crippen LogP contribution in [0.25, 0.3) is 0 Å². The van der Waals surface area contributed by atoms with E-state index in [1.165, 1.54) is 0 Å². The molecule has 1 aromatic rings. The maximum absolute atomic E-state index is 3.08. The molecule has 1 aromatic carbocycles. The van der Waals surface area contributed by atoms with Crippen LogP contribution in [-0.4, -0.2) is 30.9 Å². The maximum atomic E-state index is 3.08. The highest BCUT2D eigenvalue weighted by Gasteiger charge is 1.92. The van der Waals surface area contributed by atoms with Crippen LogP contribution in [0.5, 0.6) is 0 Å². The summed E-state index contributed by atoms with van der Waals surface area (Å²) in [5, 5.41) is 6.17. The van der Waals surface area contributed by atoms with E-state index < -0.39 is 0 Å². The van der Waals surface area contributed by atoms with Crippen molar-refractivity contribution in [3.05, 3.63) is 24.3 Å². The summed E-state index contributed by atoms with van der Waals surface area (Å²) in [5.74, 6) is 0. The minimum Gasteiger partial charge on any atom is -0.386 e. The molecule has 0 fully saturated rings. The van der Waals surface area contributed by atoms with Crippen molar-refractivity contribution in [2.24, 2.45) is 0 Å². The number of nitrogens with one attached hydrogen (secondary N) is 2. The standard InChI is InChI=1S/C8H12N2.2B/c1-9-7-5-3-4-6-8(7)10-2;;/h3-6,9-10H,1-2H3;;. The second-order valence-corrected chi connectivity index (χ2v) is 2.05. The van der Waals surface area contributed by atoms with Crippen molar-refractivity contribution in [2.75, 3.05) is 24.7 Å². The molecule has 2 nitrogen and oxygen atoms in total. The minimum atomic E-state index is 0. The smallest absolute Gasteiger partial charge is 0.0573 e. The topological polar surface area (TPSA) is 24.1 Å². The van der Waals surface area contributed by atoms with E-state index in [1.54, 1.807) is 0 Å². The number of anilines is 2. The van der Waals surface area contributed by atoms with E-state index in [9.17, 15) is 0 Å². The largest absolute Gasteiger partial charge is 0.386 e. The van der Waals surface area contributed by atoms with Crippen molar-refractivity contribution in [3.8, 4) is 0 Å². The molecule has 0 unspecified atom stereocenters. The Morgan fingerprint density at radius 2 is 1.17 bits per heavy atom. The molecule has 4 heteroatoms. The van der Waals surface area contributed by atoms with Gasteiger partial charge >= 0.3 is 0 Å². The van der Waals surface area contributed by atoms with Gasteiger partial charge in [0, 0.05) is 30.9 Å². The van der Waals surface area contributed by atoms with E-state index in [0.717, 1.165) is 11.4 Å². The Balaban J connectivity index is 0. The van der Waals surface area contributed by atoms with Crippen molar-refractivity contribution in [1.82, 2.24) is 0 Å². The van der Waals surface area contributed by atoms with Gasteiger partial charge in [-0.15, -0.1) is 0 Å². The van der Waals surface area contributed by atoms with Crippen molar-refractivity contribution in [3.63, 3.8) is 0 Å². The van der Waals surface area contributed by atoms with Crippen LogP contribution in [0.3, 0.4) is 0 Å². The summed E-state index contributed by atoms with van der Waals surface area (Å²) >= 11 is 0. The lowest BCUT2D eigenvalue weighted by Crippen LogP contribution is -1.95. The predicted octanol–water partition coefficient (Wildman–Crippen LogP) is 1.01. The van der Waals surface area contributed by atoms with Crippen molar-refractivity contribution in [1.29, 1.82) is 0 Å². The Hall–Kier alpha value is -1.05. The summed E-state index contributed by atoms with van der Waals surface area (Å²) in [6.45, 7) is 0. The van der Waals surface area contributed by atoms with Crippen LogP contribution in [0.15, 0.2) is 24.3 Å². The zero-order chi connectivity index (χ0) is 7.40. The van der Waals surface area contributed by atoms with E-state index in [-0.39, 0.29) is 16.8 Å². The van der Waals surface area contributed by atoms with Crippen LogP contribution < -0.4 is 10.6 Å². The Morgan fingerprint density at radius 1 is 0.833 bits per heavy atom. The zero-order valence-corrected chi connectivity index (χ0v) is 7.46. The zero-order valence-electron chi connectivity index (χ0n) is 7.46. The Morgan fingerprint density at radius 3 is 1.42 bits per heavy atom. The van der Waals surface area contributed by atoms with Gasteiger partial charge < -0.3 is 10.6 Å². The fourth-order valence-corrected chi connectivity index (χ4v) is 0.919. The Bertz CT molecular complexity index is 193. The Kier molecular flexibility index (Phi) is 7.50. The molecule has 0 atom stereocenters. The Labute approximate surface area is 77.9 Å². The van der Waals surface area contributed by atoms with Crippen molar-refractivity contribution < 1.29 is 0 Å². The van der Waals surface area contributed by atoms with Crippen LogP contribution in [0, 0.1) is 0 Å². The highest BCUT2D eigenvalue weighted by Crippen LogP contribution is 2.18. The predicted molar refractivity (Wildman–Crippen MR) is 57.0 cm³/mol. The normalized spacial score (nSPS) is 7.50. The second-order valence-electron chi connectivity index (χ2n) is 2.05. The van der Waals surface area contributed by atoms with E-state index in [2.05, 4.69) is 10.6 Å². The molecule has 0 aliphatic rings. The quantitative estimate of drug-likeness (QED) is 0.627. The summed E-state index contributed by atoms with van der Waals surface area (Å²) in [4.78, 5) is 0. The molecule has 0 bridgehead atoms. The summed E-state index contributed by atoms with van der Waals surface area (Å²) in [6.07, 6.45) is 0.